The second-order valence-electron chi connectivity index (χ2n) is 4.37. The summed E-state index contributed by atoms with van der Waals surface area (Å²) in [5, 5.41) is 2.88. The Morgan fingerprint density at radius 1 is 1.20 bits per heavy atom. The van der Waals surface area contributed by atoms with Crippen LogP contribution in [0.3, 0.4) is 0 Å². The molecular formula is C15H12ClF2NO. The van der Waals surface area contributed by atoms with E-state index in [-0.39, 0.29) is 10.6 Å². The minimum Gasteiger partial charge on any atom is -0.345 e. The van der Waals surface area contributed by atoms with E-state index in [1.807, 2.05) is 0 Å². The highest BCUT2D eigenvalue weighted by Gasteiger charge is 2.15. The zero-order valence-electron chi connectivity index (χ0n) is 10.7. The first-order valence-electron chi connectivity index (χ1n) is 5.99. The van der Waals surface area contributed by atoms with Crippen molar-refractivity contribution in [3.63, 3.8) is 0 Å². The molecule has 0 saturated heterocycles. The van der Waals surface area contributed by atoms with Gasteiger partial charge in [0.2, 0.25) is 0 Å². The van der Waals surface area contributed by atoms with Gasteiger partial charge in [0.25, 0.3) is 5.91 Å². The molecular weight excluding hydrogens is 284 g/mol. The maximum Gasteiger partial charge on any atom is 0.254 e. The number of rotatable bonds is 3. The third-order valence-electron chi connectivity index (χ3n) is 2.87. The van der Waals surface area contributed by atoms with Gasteiger partial charge in [0.15, 0.2) is 0 Å². The maximum absolute atomic E-state index is 13.6. The number of nitrogens with one attached hydrogen (secondary N) is 1. The lowest BCUT2D eigenvalue weighted by atomic mass is 10.1. The van der Waals surface area contributed by atoms with Crippen LogP contribution in [0.4, 0.5) is 8.78 Å². The average Bonchev–Trinajstić information content (AvgIpc) is 2.41. The number of carbonyl (C=O) groups excluding carboxylic acids is 1. The molecule has 1 atom stereocenters. The summed E-state index contributed by atoms with van der Waals surface area (Å²) >= 11 is 5.74. The second kappa shape index (κ2) is 6.01. The zero-order valence-corrected chi connectivity index (χ0v) is 11.4. The van der Waals surface area contributed by atoms with Gasteiger partial charge in [0.05, 0.1) is 11.6 Å². The predicted molar refractivity (Wildman–Crippen MR) is 73.7 cm³/mol. The fraction of sp³-hybridized carbons (Fsp3) is 0.133. The first kappa shape index (κ1) is 14.5. The largest absolute Gasteiger partial charge is 0.345 e. The lowest BCUT2D eigenvalue weighted by Gasteiger charge is -2.15. The first-order valence-corrected chi connectivity index (χ1v) is 6.36. The van der Waals surface area contributed by atoms with Gasteiger partial charge in [-0.3, -0.25) is 4.79 Å². The quantitative estimate of drug-likeness (QED) is 0.907. The van der Waals surface area contributed by atoms with Gasteiger partial charge in [-0.15, -0.1) is 0 Å². The topological polar surface area (TPSA) is 29.1 Å². The zero-order chi connectivity index (χ0) is 14.7. The molecule has 2 aromatic rings. The van der Waals surface area contributed by atoms with E-state index in [1.165, 1.54) is 24.3 Å². The van der Waals surface area contributed by atoms with Crippen molar-refractivity contribution in [1.82, 2.24) is 5.32 Å². The Morgan fingerprint density at radius 3 is 2.65 bits per heavy atom. The van der Waals surface area contributed by atoms with Crippen LogP contribution in [0.5, 0.6) is 0 Å². The van der Waals surface area contributed by atoms with Crippen LogP contribution in [-0.4, -0.2) is 5.91 Å². The van der Waals surface area contributed by atoms with Gasteiger partial charge < -0.3 is 5.32 Å². The highest BCUT2D eigenvalue weighted by atomic mass is 35.5. The normalized spacial score (nSPS) is 12.0. The molecule has 2 nitrogen and oxygen atoms in total. The van der Waals surface area contributed by atoms with Crippen LogP contribution in [0.25, 0.3) is 0 Å². The molecule has 0 spiro atoms. The summed E-state index contributed by atoms with van der Waals surface area (Å²) in [5.74, 6) is -1.64. The lowest BCUT2D eigenvalue weighted by Crippen LogP contribution is -2.27. The Bertz CT molecular complexity index is 646. The van der Waals surface area contributed by atoms with Crippen LogP contribution in [-0.2, 0) is 0 Å². The lowest BCUT2D eigenvalue weighted by molar-refractivity contribution is 0.0935. The molecule has 0 aliphatic carbocycles. The number of benzene rings is 2. The molecule has 0 fully saturated rings. The number of carbonyl (C=O) groups is 1. The Labute approximate surface area is 120 Å². The van der Waals surface area contributed by atoms with E-state index in [2.05, 4.69) is 5.32 Å². The van der Waals surface area contributed by atoms with Crippen molar-refractivity contribution >= 4 is 17.5 Å². The Balaban J connectivity index is 2.17. The van der Waals surface area contributed by atoms with Crippen molar-refractivity contribution in [3.8, 4) is 0 Å². The van der Waals surface area contributed by atoms with E-state index in [4.69, 9.17) is 11.6 Å². The van der Waals surface area contributed by atoms with E-state index in [0.29, 0.717) is 5.56 Å². The summed E-state index contributed by atoms with van der Waals surface area (Å²) < 4.78 is 26.7. The number of hydrogen-bond donors (Lipinski definition) is 1. The molecule has 0 radical (unpaired) electrons. The van der Waals surface area contributed by atoms with Crippen molar-refractivity contribution < 1.29 is 13.6 Å². The monoisotopic (exact) mass is 295 g/mol. The highest BCUT2D eigenvalue weighted by molar-refractivity contribution is 6.31. The molecule has 2 aromatic carbocycles. The van der Waals surface area contributed by atoms with Crippen molar-refractivity contribution in [2.24, 2.45) is 0 Å². The van der Waals surface area contributed by atoms with Crippen LogP contribution in [0.1, 0.15) is 28.9 Å². The Morgan fingerprint density at radius 2 is 1.95 bits per heavy atom. The molecule has 104 valence electrons. The molecule has 5 heteroatoms. The summed E-state index contributed by atoms with van der Waals surface area (Å²) in [4.78, 5) is 12.0. The SMILES string of the molecule is CC(NC(=O)c1cc(Cl)ccc1F)c1cccc(F)c1. The van der Waals surface area contributed by atoms with Crippen LogP contribution in [0, 0.1) is 11.6 Å². The van der Waals surface area contributed by atoms with Gasteiger partial charge in [-0.1, -0.05) is 23.7 Å². The van der Waals surface area contributed by atoms with Gasteiger partial charge >= 0.3 is 0 Å². The van der Waals surface area contributed by atoms with Gasteiger partial charge in [-0.25, -0.2) is 8.78 Å². The van der Waals surface area contributed by atoms with Gasteiger partial charge in [-0.05, 0) is 42.8 Å². The summed E-state index contributed by atoms with van der Waals surface area (Å²) in [6, 6.07) is 9.17. The molecule has 1 amide bonds. The van der Waals surface area contributed by atoms with Crippen molar-refractivity contribution in [3.05, 3.63) is 70.2 Å². The summed E-state index contributed by atoms with van der Waals surface area (Å²) in [5.41, 5.74) is 0.460. The van der Waals surface area contributed by atoms with Crippen molar-refractivity contribution in [1.29, 1.82) is 0 Å². The Kier molecular flexibility index (Phi) is 4.35. The van der Waals surface area contributed by atoms with Crippen LogP contribution in [0.15, 0.2) is 42.5 Å². The second-order valence-corrected chi connectivity index (χ2v) is 4.81. The van der Waals surface area contributed by atoms with Gasteiger partial charge in [0, 0.05) is 5.02 Å². The van der Waals surface area contributed by atoms with E-state index in [1.54, 1.807) is 19.1 Å². The van der Waals surface area contributed by atoms with Crippen LogP contribution >= 0.6 is 11.6 Å². The van der Waals surface area contributed by atoms with Crippen LogP contribution in [0.2, 0.25) is 5.02 Å². The first-order chi connectivity index (χ1) is 9.47. The third-order valence-corrected chi connectivity index (χ3v) is 3.10. The Hall–Kier alpha value is -1.94. The van der Waals surface area contributed by atoms with E-state index in [9.17, 15) is 13.6 Å². The van der Waals surface area contributed by atoms with E-state index < -0.39 is 23.6 Å². The molecule has 0 bridgehead atoms. The molecule has 1 unspecified atom stereocenters. The summed E-state index contributed by atoms with van der Waals surface area (Å²) in [6.45, 7) is 1.69. The molecule has 20 heavy (non-hydrogen) atoms. The van der Waals surface area contributed by atoms with E-state index in [0.717, 1.165) is 6.07 Å². The smallest absolute Gasteiger partial charge is 0.254 e. The fourth-order valence-electron chi connectivity index (χ4n) is 1.81. The average molecular weight is 296 g/mol. The number of amides is 1. The molecule has 1 N–H and O–H groups in total. The number of hydrogen-bond acceptors (Lipinski definition) is 1. The summed E-state index contributed by atoms with van der Waals surface area (Å²) in [7, 11) is 0. The van der Waals surface area contributed by atoms with E-state index >= 15 is 0 Å². The molecule has 0 saturated carbocycles. The predicted octanol–water partition coefficient (Wildman–Crippen LogP) is 4.11. The minimum absolute atomic E-state index is 0.138. The standard InChI is InChI=1S/C15H12ClF2NO/c1-9(10-3-2-4-12(17)7-10)19-15(20)13-8-11(16)5-6-14(13)18/h2-9H,1H3,(H,19,20). The number of halogens is 3. The van der Waals surface area contributed by atoms with Crippen molar-refractivity contribution in [2.75, 3.05) is 0 Å². The minimum atomic E-state index is -0.654. The van der Waals surface area contributed by atoms with Gasteiger partial charge in [-0.2, -0.15) is 0 Å². The summed E-state index contributed by atoms with van der Waals surface area (Å²) in [6.07, 6.45) is 0. The molecule has 2 rings (SSSR count). The van der Waals surface area contributed by atoms with Gasteiger partial charge in [0.1, 0.15) is 11.6 Å². The molecule has 0 aliphatic heterocycles. The highest BCUT2D eigenvalue weighted by Crippen LogP contribution is 2.18. The molecule has 0 heterocycles. The van der Waals surface area contributed by atoms with Crippen LogP contribution < -0.4 is 5.32 Å². The third kappa shape index (κ3) is 3.33. The molecule has 0 aromatic heterocycles. The molecule has 0 aliphatic rings. The van der Waals surface area contributed by atoms with Crippen molar-refractivity contribution in [2.45, 2.75) is 13.0 Å². The maximum atomic E-state index is 13.6. The fourth-order valence-corrected chi connectivity index (χ4v) is 1.98.